The molecule has 5 heteroatoms. The van der Waals surface area contributed by atoms with Gasteiger partial charge in [-0.1, -0.05) is 13.5 Å². The summed E-state index contributed by atoms with van der Waals surface area (Å²) in [5.74, 6) is 0.414. The molecule has 0 spiro atoms. The van der Waals surface area contributed by atoms with Crippen LogP contribution in [0.5, 0.6) is 5.75 Å². The third-order valence-corrected chi connectivity index (χ3v) is 4.03. The fourth-order valence-electron chi connectivity index (χ4n) is 2.68. The molecule has 1 aliphatic heterocycles. The number of benzene rings is 1. The Bertz CT molecular complexity index is 599. The molecule has 0 fully saturated rings. The molecule has 1 aromatic carbocycles. The molecule has 0 aliphatic carbocycles. The quantitative estimate of drug-likeness (QED) is 0.756. The van der Waals surface area contributed by atoms with E-state index < -0.39 is 0 Å². The Kier molecular flexibility index (Phi) is 6.16. The van der Waals surface area contributed by atoms with Gasteiger partial charge in [0.1, 0.15) is 11.6 Å². The number of halogens is 1. The predicted molar refractivity (Wildman–Crippen MR) is 90.2 cm³/mol. The Morgan fingerprint density at radius 2 is 2.17 bits per heavy atom. The Labute approximate surface area is 137 Å². The maximum atomic E-state index is 14.7. The van der Waals surface area contributed by atoms with Crippen LogP contribution < -0.4 is 10.2 Å². The summed E-state index contributed by atoms with van der Waals surface area (Å²) >= 11 is 0. The van der Waals surface area contributed by atoms with E-state index in [4.69, 9.17) is 9.84 Å². The van der Waals surface area contributed by atoms with Crippen molar-refractivity contribution in [1.29, 1.82) is 0 Å². The van der Waals surface area contributed by atoms with Crippen molar-refractivity contribution in [3.63, 3.8) is 0 Å². The summed E-state index contributed by atoms with van der Waals surface area (Å²) in [6.07, 6.45) is 3.27. The van der Waals surface area contributed by atoms with Crippen LogP contribution in [0.2, 0.25) is 0 Å². The smallest absolute Gasteiger partial charge is 0.138 e. The number of rotatable bonds is 7. The molecule has 0 bridgehead atoms. The third-order valence-electron chi connectivity index (χ3n) is 4.03. The molecule has 23 heavy (non-hydrogen) atoms. The molecule has 0 saturated carbocycles. The van der Waals surface area contributed by atoms with Crippen molar-refractivity contribution in [3.05, 3.63) is 41.4 Å². The van der Waals surface area contributed by atoms with Crippen LogP contribution in [0.1, 0.15) is 43.7 Å². The number of hydrogen-bond acceptors (Lipinski definition) is 4. The highest BCUT2D eigenvalue weighted by Gasteiger charge is 2.23. The first-order valence-corrected chi connectivity index (χ1v) is 8.09. The van der Waals surface area contributed by atoms with Gasteiger partial charge in [0, 0.05) is 29.3 Å². The van der Waals surface area contributed by atoms with Gasteiger partial charge in [-0.3, -0.25) is 5.43 Å². The summed E-state index contributed by atoms with van der Waals surface area (Å²) in [5.41, 5.74) is 5.43. The normalized spacial score (nSPS) is 17.7. The average Bonchev–Trinajstić information content (AvgIpc) is 2.52. The highest BCUT2D eigenvalue weighted by atomic mass is 19.1. The van der Waals surface area contributed by atoms with E-state index in [0.29, 0.717) is 29.2 Å². The monoisotopic (exact) mass is 320 g/mol. The van der Waals surface area contributed by atoms with Gasteiger partial charge < -0.3 is 9.84 Å². The van der Waals surface area contributed by atoms with Crippen molar-refractivity contribution in [2.75, 3.05) is 13.2 Å². The van der Waals surface area contributed by atoms with Gasteiger partial charge in [0.25, 0.3) is 0 Å². The highest BCUT2D eigenvalue weighted by Crippen LogP contribution is 2.28. The van der Waals surface area contributed by atoms with E-state index in [-0.39, 0.29) is 18.3 Å². The zero-order chi connectivity index (χ0) is 16.8. The second-order valence-electron chi connectivity index (χ2n) is 6.00. The molecule has 1 aliphatic rings. The van der Waals surface area contributed by atoms with Crippen molar-refractivity contribution in [2.24, 2.45) is 11.0 Å². The van der Waals surface area contributed by atoms with Crippen LogP contribution in [-0.2, 0) is 0 Å². The van der Waals surface area contributed by atoms with Crippen LogP contribution in [0.25, 0.3) is 0 Å². The summed E-state index contributed by atoms with van der Waals surface area (Å²) in [7, 11) is 0. The first-order chi connectivity index (χ1) is 11.0. The van der Waals surface area contributed by atoms with Gasteiger partial charge in [-0.05, 0) is 44.7 Å². The lowest BCUT2D eigenvalue weighted by Crippen LogP contribution is -2.26. The molecular weight excluding hydrogens is 295 g/mol. The molecule has 4 nitrogen and oxygen atoms in total. The molecule has 0 saturated heterocycles. The highest BCUT2D eigenvalue weighted by molar-refractivity contribution is 6.03. The van der Waals surface area contributed by atoms with E-state index in [0.717, 1.165) is 31.4 Å². The molecular formula is C18H25FN2O2. The van der Waals surface area contributed by atoms with Gasteiger partial charge in [0.2, 0.25) is 0 Å². The van der Waals surface area contributed by atoms with E-state index in [1.807, 2.05) is 6.92 Å². The van der Waals surface area contributed by atoms with Gasteiger partial charge >= 0.3 is 0 Å². The lowest BCUT2D eigenvalue weighted by atomic mass is 9.92. The zero-order valence-corrected chi connectivity index (χ0v) is 13.9. The first kappa shape index (κ1) is 17.5. The maximum absolute atomic E-state index is 14.7. The van der Waals surface area contributed by atoms with Crippen molar-refractivity contribution in [3.8, 4) is 5.75 Å². The summed E-state index contributed by atoms with van der Waals surface area (Å²) in [6, 6.07) is 3.54. The summed E-state index contributed by atoms with van der Waals surface area (Å²) in [5, 5.41) is 13.0. The molecule has 0 aromatic heterocycles. The number of unbranched alkanes of at least 4 members (excludes halogenated alkanes) is 2. The standard InChI is InChI=1S/C18H25FN2O2/c1-12-11-13(2)20-21-18(12)15-7-8-16(14(3)17(15)19)23-10-6-4-5-9-22/h7-8,12,20,22H,2,4-6,9-11H2,1,3H3. The van der Waals surface area contributed by atoms with Crippen LogP contribution in [0, 0.1) is 18.7 Å². The maximum Gasteiger partial charge on any atom is 0.138 e. The molecule has 1 unspecified atom stereocenters. The van der Waals surface area contributed by atoms with Crippen LogP contribution in [0.3, 0.4) is 0 Å². The van der Waals surface area contributed by atoms with E-state index >= 15 is 0 Å². The lowest BCUT2D eigenvalue weighted by Gasteiger charge is -2.23. The zero-order valence-electron chi connectivity index (χ0n) is 13.9. The Balaban J connectivity index is 2.10. The van der Waals surface area contributed by atoms with Crippen LogP contribution in [-0.4, -0.2) is 24.0 Å². The number of ether oxygens (including phenoxy) is 1. The fourth-order valence-corrected chi connectivity index (χ4v) is 2.68. The number of allylic oxidation sites excluding steroid dienone is 1. The van der Waals surface area contributed by atoms with Gasteiger partial charge in [-0.15, -0.1) is 0 Å². The number of nitrogens with one attached hydrogen (secondary N) is 1. The van der Waals surface area contributed by atoms with Crippen molar-refractivity contribution in [2.45, 2.75) is 39.5 Å². The first-order valence-electron chi connectivity index (χ1n) is 8.09. The average molecular weight is 320 g/mol. The third kappa shape index (κ3) is 4.32. The summed E-state index contributed by atoms with van der Waals surface area (Å²) < 4.78 is 20.4. The minimum Gasteiger partial charge on any atom is -0.493 e. The van der Waals surface area contributed by atoms with E-state index in [2.05, 4.69) is 17.1 Å². The van der Waals surface area contributed by atoms with E-state index in [1.165, 1.54) is 0 Å². The van der Waals surface area contributed by atoms with Gasteiger partial charge in [-0.25, -0.2) is 4.39 Å². The van der Waals surface area contributed by atoms with Crippen molar-refractivity contribution >= 4 is 5.71 Å². The fraction of sp³-hybridized carbons (Fsp3) is 0.500. The van der Waals surface area contributed by atoms with Gasteiger partial charge in [-0.2, -0.15) is 5.10 Å². The number of nitrogens with zero attached hydrogens (tertiary/aromatic N) is 1. The molecule has 1 atom stereocenters. The van der Waals surface area contributed by atoms with Crippen molar-refractivity contribution < 1.29 is 14.2 Å². The van der Waals surface area contributed by atoms with Gasteiger partial charge in [0.05, 0.1) is 12.3 Å². The summed E-state index contributed by atoms with van der Waals surface area (Å²) in [6.45, 7) is 8.32. The largest absolute Gasteiger partial charge is 0.493 e. The molecule has 1 heterocycles. The van der Waals surface area contributed by atoms with E-state index in [9.17, 15) is 4.39 Å². The minimum atomic E-state index is -0.280. The van der Waals surface area contributed by atoms with Crippen LogP contribution in [0.4, 0.5) is 4.39 Å². The SMILES string of the molecule is C=C1CC(C)C(c2ccc(OCCCCCO)c(C)c2F)=NN1. The predicted octanol–water partition coefficient (Wildman–Crippen LogP) is 3.52. The Morgan fingerprint density at radius 1 is 1.39 bits per heavy atom. The summed E-state index contributed by atoms with van der Waals surface area (Å²) in [4.78, 5) is 0. The number of aliphatic hydroxyl groups is 1. The molecule has 2 rings (SSSR count). The minimum absolute atomic E-state index is 0.128. The molecule has 0 radical (unpaired) electrons. The molecule has 126 valence electrons. The lowest BCUT2D eigenvalue weighted by molar-refractivity contribution is 0.265. The second kappa shape index (κ2) is 8.11. The van der Waals surface area contributed by atoms with Crippen molar-refractivity contribution in [1.82, 2.24) is 5.43 Å². The van der Waals surface area contributed by atoms with Gasteiger partial charge in [0.15, 0.2) is 0 Å². The molecule has 1 aromatic rings. The molecule has 0 amide bonds. The topological polar surface area (TPSA) is 53.9 Å². The Morgan fingerprint density at radius 3 is 2.87 bits per heavy atom. The second-order valence-corrected chi connectivity index (χ2v) is 6.00. The number of hydrazone groups is 1. The number of aliphatic hydroxyl groups excluding tert-OH is 1. The molecule has 2 N–H and O–H groups in total. The number of hydrogen-bond donors (Lipinski definition) is 2. The Hall–Kier alpha value is -1.88. The van der Waals surface area contributed by atoms with Crippen LogP contribution in [0.15, 0.2) is 29.5 Å². The van der Waals surface area contributed by atoms with Crippen LogP contribution >= 0.6 is 0 Å². The van der Waals surface area contributed by atoms with E-state index in [1.54, 1.807) is 19.1 Å².